The lowest BCUT2D eigenvalue weighted by molar-refractivity contribution is -0.443. The van der Waals surface area contributed by atoms with Crippen LogP contribution in [0.3, 0.4) is 0 Å². The van der Waals surface area contributed by atoms with Gasteiger partial charge >= 0.3 is 54.8 Å². The Morgan fingerprint density at radius 2 is 0.944 bits per heavy atom. The molecule has 0 aromatic heterocycles. The van der Waals surface area contributed by atoms with E-state index in [2.05, 4.69) is 18.9 Å². The molecule has 0 aliphatic carbocycles. The van der Waals surface area contributed by atoms with E-state index in [9.17, 15) is 98.1 Å². The van der Waals surface area contributed by atoms with Gasteiger partial charge in [-0.2, -0.15) is 70.2 Å². The molecule has 6 atom stereocenters. The standard InChI is InChI=1S/C39H57F21N2O9/c1-20(2)32(43,36(51,52)53)38(57,58)70-28(9,10)30(41,34(45,46)47)18-67-23(63)61-15-22(14-25(3,4)69-17-21(16-66-13)26(5,6)65)62-24(64)68-19-31(42,35(48,49)50)29(11,12)71-39(59,60)33(44,27(7,8)40)37(54,55)56/h20-22,65H,14-19H2,1-13H3,(H,61,63)(H,62,64). The lowest BCUT2D eigenvalue weighted by Gasteiger charge is -2.46. The summed E-state index contributed by atoms with van der Waals surface area (Å²) >= 11 is 0. The van der Waals surface area contributed by atoms with Crippen LogP contribution in [0.4, 0.5) is 102 Å². The van der Waals surface area contributed by atoms with E-state index in [-0.39, 0.29) is 48.1 Å². The van der Waals surface area contributed by atoms with Crippen LogP contribution < -0.4 is 10.6 Å². The highest BCUT2D eigenvalue weighted by Gasteiger charge is 2.82. The molecule has 6 unspecified atom stereocenters. The molecule has 0 spiro atoms. The first-order valence-corrected chi connectivity index (χ1v) is 20.4. The summed E-state index contributed by atoms with van der Waals surface area (Å²) in [6.45, 7) is -3.89. The summed E-state index contributed by atoms with van der Waals surface area (Å²) in [5, 5.41) is 13.8. The summed E-state index contributed by atoms with van der Waals surface area (Å²) < 4.78 is 329. The van der Waals surface area contributed by atoms with Crippen molar-refractivity contribution in [3.8, 4) is 0 Å². The Kier molecular flexibility index (Phi) is 20.7. The van der Waals surface area contributed by atoms with Gasteiger partial charge in [-0.1, -0.05) is 13.8 Å². The van der Waals surface area contributed by atoms with Gasteiger partial charge in [-0.05, 0) is 75.7 Å². The van der Waals surface area contributed by atoms with Gasteiger partial charge in [-0.15, -0.1) is 0 Å². The van der Waals surface area contributed by atoms with Crippen LogP contribution >= 0.6 is 0 Å². The smallest absolute Gasteiger partial charge is 0.434 e. The monoisotopic (exact) mass is 1100 g/mol. The zero-order valence-electron chi connectivity index (χ0n) is 40.1. The average Bonchev–Trinajstić information content (AvgIpc) is 3.11. The van der Waals surface area contributed by atoms with Gasteiger partial charge in [0.05, 0.1) is 30.5 Å². The summed E-state index contributed by atoms with van der Waals surface area (Å²) in [5.41, 5.74) is -39.9. The zero-order chi connectivity index (χ0) is 57.3. The van der Waals surface area contributed by atoms with E-state index in [1.54, 1.807) is 10.6 Å². The Bertz CT molecular complexity index is 1750. The van der Waals surface area contributed by atoms with E-state index >= 15 is 8.78 Å². The summed E-state index contributed by atoms with van der Waals surface area (Å²) in [4.78, 5) is 25.6. The van der Waals surface area contributed by atoms with Crippen molar-refractivity contribution in [1.29, 1.82) is 0 Å². The quantitative estimate of drug-likeness (QED) is 0.0764. The summed E-state index contributed by atoms with van der Waals surface area (Å²) in [6.07, 6.45) is -44.8. The zero-order valence-corrected chi connectivity index (χ0v) is 40.1. The van der Waals surface area contributed by atoms with E-state index in [4.69, 9.17) is 9.47 Å². The highest BCUT2D eigenvalue weighted by molar-refractivity contribution is 5.69. The summed E-state index contributed by atoms with van der Waals surface area (Å²) in [6, 6.07) is -1.94. The maximum atomic E-state index is 16.0. The second-order valence-electron chi connectivity index (χ2n) is 19.3. The Morgan fingerprint density at radius 1 is 0.549 bits per heavy atom. The molecule has 0 aliphatic rings. The molecule has 11 nitrogen and oxygen atoms in total. The van der Waals surface area contributed by atoms with Crippen molar-refractivity contribution in [2.75, 3.05) is 40.1 Å². The van der Waals surface area contributed by atoms with Crippen molar-refractivity contribution in [2.24, 2.45) is 11.8 Å². The Morgan fingerprint density at radius 3 is 1.27 bits per heavy atom. The van der Waals surface area contributed by atoms with Crippen LogP contribution in [0.25, 0.3) is 0 Å². The minimum Gasteiger partial charge on any atom is -0.446 e. The van der Waals surface area contributed by atoms with Crippen molar-refractivity contribution in [1.82, 2.24) is 10.6 Å². The van der Waals surface area contributed by atoms with Crippen LogP contribution in [0.5, 0.6) is 0 Å². The molecule has 0 aliphatic heterocycles. The van der Waals surface area contributed by atoms with E-state index in [0.29, 0.717) is 0 Å². The maximum Gasteiger partial charge on any atom is 0.434 e. The first-order chi connectivity index (χ1) is 30.8. The van der Waals surface area contributed by atoms with E-state index in [0.717, 1.165) is 0 Å². The van der Waals surface area contributed by atoms with Crippen molar-refractivity contribution in [3.05, 3.63) is 0 Å². The third-order valence-corrected chi connectivity index (χ3v) is 11.2. The van der Waals surface area contributed by atoms with E-state index in [1.165, 1.54) is 34.8 Å². The minimum atomic E-state index is -6.95. The Balaban J connectivity index is 6.99. The lowest BCUT2D eigenvalue weighted by atomic mass is 9.84. The van der Waals surface area contributed by atoms with Gasteiger partial charge < -0.3 is 44.2 Å². The number of rotatable bonds is 25. The molecule has 71 heavy (non-hydrogen) atoms. The van der Waals surface area contributed by atoms with Gasteiger partial charge in [-0.3, -0.25) is 0 Å². The van der Waals surface area contributed by atoms with Crippen LogP contribution in [0.15, 0.2) is 0 Å². The topological polar surface area (TPSA) is 134 Å². The normalized spacial score (nSPS) is 18.9. The summed E-state index contributed by atoms with van der Waals surface area (Å²) in [5.74, 6) is -3.64. The second-order valence-corrected chi connectivity index (χ2v) is 19.3. The fourth-order valence-electron chi connectivity index (χ4n) is 6.42. The molecule has 0 rings (SSSR count). The first kappa shape index (κ1) is 67.9. The maximum absolute atomic E-state index is 16.0. The predicted octanol–water partition coefficient (Wildman–Crippen LogP) is 11.3. The molecule has 3 N–H and O–H groups in total. The van der Waals surface area contributed by atoms with Crippen molar-refractivity contribution < 1.29 is 135 Å². The van der Waals surface area contributed by atoms with Crippen LogP contribution in [-0.4, -0.2) is 151 Å². The van der Waals surface area contributed by atoms with Gasteiger partial charge in [0.25, 0.3) is 17.0 Å². The fourth-order valence-corrected chi connectivity index (χ4v) is 6.42. The van der Waals surface area contributed by atoms with Crippen molar-refractivity contribution in [3.63, 3.8) is 0 Å². The Hall–Kier alpha value is -3.13. The predicted molar refractivity (Wildman–Crippen MR) is 204 cm³/mol. The van der Waals surface area contributed by atoms with E-state index < -0.39 is 164 Å². The van der Waals surface area contributed by atoms with Crippen LogP contribution in [-0.2, 0) is 28.4 Å². The largest absolute Gasteiger partial charge is 0.446 e. The summed E-state index contributed by atoms with van der Waals surface area (Å²) in [7, 11) is 1.21. The molecule has 0 saturated heterocycles. The molecular formula is C39H57F21N2O9. The second kappa shape index (κ2) is 21.6. The number of ether oxygens (including phenoxy) is 6. The van der Waals surface area contributed by atoms with Gasteiger partial charge in [0.15, 0.2) is 5.67 Å². The number of hydrogen-bond donors (Lipinski definition) is 3. The number of aliphatic hydroxyl groups is 1. The van der Waals surface area contributed by atoms with Crippen molar-refractivity contribution in [2.45, 2.75) is 183 Å². The number of methoxy groups -OCH3 is 1. The number of alkyl carbamates (subject to hydrolysis) is 2. The molecule has 32 heteroatoms. The number of hydrogen-bond acceptors (Lipinski definition) is 9. The van der Waals surface area contributed by atoms with Crippen LogP contribution in [0.2, 0.25) is 0 Å². The van der Waals surface area contributed by atoms with Crippen molar-refractivity contribution >= 4 is 12.2 Å². The molecule has 0 radical (unpaired) electrons. The van der Waals surface area contributed by atoms with Gasteiger partial charge in [0.2, 0.25) is 0 Å². The Labute approximate surface area is 393 Å². The minimum absolute atomic E-state index is 0.187. The molecule has 0 heterocycles. The van der Waals surface area contributed by atoms with Gasteiger partial charge in [-0.25, -0.2) is 31.5 Å². The molecule has 2 amide bonds. The molecular weight excluding hydrogens is 1040 g/mol. The molecule has 0 aromatic rings. The third kappa shape index (κ3) is 15.0. The molecule has 424 valence electrons. The molecule has 0 fully saturated rings. The molecule has 0 aromatic carbocycles. The SMILES string of the molecule is COCC(COC(C)(C)CC(CNC(=O)OCC(F)(C(F)(F)F)C(C)(C)OC(F)(F)C(F)(C(C)C)C(F)(F)F)NC(=O)OCC(F)(C(F)(F)F)C(C)(C)OC(F)(F)C(F)(C(C)(C)F)C(F)(F)F)C(C)(C)O. The van der Waals surface area contributed by atoms with E-state index in [1.807, 2.05) is 0 Å². The molecule has 0 saturated carbocycles. The number of halogens is 21. The highest BCUT2D eigenvalue weighted by Crippen LogP contribution is 2.57. The van der Waals surface area contributed by atoms with Gasteiger partial charge in [0.1, 0.15) is 24.4 Å². The van der Waals surface area contributed by atoms with Crippen LogP contribution in [0.1, 0.15) is 89.5 Å². The third-order valence-electron chi connectivity index (χ3n) is 11.2. The fraction of sp³-hybridized carbons (Fsp3) is 0.949. The first-order valence-electron chi connectivity index (χ1n) is 20.4. The number of alkyl halides is 21. The number of carbonyl (C=O) groups is 2. The number of carbonyl (C=O) groups excluding carboxylic acids is 2. The lowest BCUT2D eigenvalue weighted by Crippen LogP contribution is -2.70. The van der Waals surface area contributed by atoms with Crippen LogP contribution in [0, 0.1) is 11.8 Å². The number of nitrogens with one attached hydrogen (secondary N) is 2. The average molecular weight is 1100 g/mol. The molecule has 0 bridgehead atoms. The highest BCUT2D eigenvalue weighted by atomic mass is 19.4. The van der Waals surface area contributed by atoms with Gasteiger partial charge in [0, 0.05) is 25.5 Å². The number of amides is 2.